The molecule has 4 nitrogen and oxygen atoms in total. The Labute approximate surface area is 86.5 Å². The van der Waals surface area contributed by atoms with Crippen LogP contribution in [-0.4, -0.2) is 18.8 Å². The number of anilines is 1. The van der Waals surface area contributed by atoms with E-state index in [1.54, 1.807) is 18.2 Å². The van der Waals surface area contributed by atoms with Crippen molar-refractivity contribution in [3.05, 3.63) is 29.8 Å². The zero-order chi connectivity index (χ0) is 10.7. The highest BCUT2D eigenvalue weighted by Gasteiger charge is 2.15. The van der Waals surface area contributed by atoms with Gasteiger partial charge in [0.05, 0.1) is 5.69 Å². The predicted molar refractivity (Wildman–Crippen MR) is 55.7 cm³/mol. The molecule has 0 aliphatic carbocycles. The molecule has 1 aromatic rings. The first kappa shape index (κ1) is 9.45. The van der Waals surface area contributed by atoms with Crippen molar-refractivity contribution < 1.29 is 14.3 Å². The smallest absolute Gasteiger partial charge is 0.262 e. The van der Waals surface area contributed by atoms with Gasteiger partial charge in [0, 0.05) is 0 Å². The van der Waals surface area contributed by atoms with E-state index in [-0.39, 0.29) is 12.5 Å². The van der Waals surface area contributed by atoms with Crippen molar-refractivity contribution in [2.75, 3.05) is 11.9 Å². The van der Waals surface area contributed by atoms with Crippen molar-refractivity contribution in [3.63, 3.8) is 0 Å². The molecule has 1 heterocycles. The molecule has 0 saturated carbocycles. The molecule has 1 amide bonds. The number of allylic oxidation sites excluding steroid dienone is 1. The van der Waals surface area contributed by atoms with Crippen molar-refractivity contribution >= 4 is 24.0 Å². The minimum Gasteiger partial charge on any atom is -0.482 e. The van der Waals surface area contributed by atoms with E-state index in [4.69, 9.17) is 4.74 Å². The van der Waals surface area contributed by atoms with Gasteiger partial charge in [0.25, 0.3) is 5.91 Å². The molecular formula is C11H9NO3. The van der Waals surface area contributed by atoms with Gasteiger partial charge in [-0.3, -0.25) is 9.59 Å². The molecule has 15 heavy (non-hydrogen) atoms. The van der Waals surface area contributed by atoms with Crippen LogP contribution in [-0.2, 0) is 9.59 Å². The molecule has 2 rings (SSSR count). The van der Waals surface area contributed by atoms with E-state index < -0.39 is 0 Å². The number of carbonyl (C=O) groups excluding carboxylic acids is 2. The Morgan fingerprint density at radius 1 is 1.40 bits per heavy atom. The predicted octanol–water partition coefficient (Wildman–Crippen LogP) is 1.23. The van der Waals surface area contributed by atoms with Gasteiger partial charge in [-0.1, -0.05) is 12.1 Å². The fourth-order valence-electron chi connectivity index (χ4n) is 1.35. The first-order chi connectivity index (χ1) is 7.29. The Kier molecular flexibility index (Phi) is 2.49. The number of benzene rings is 1. The second-order valence-corrected chi connectivity index (χ2v) is 3.09. The van der Waals surface area contributed by atoms with Crippen LogP contribution in [0.2, 0.25) is 0 Å². The van der Waals surface area contributed by atoms with Crippen LogP contribution in [0.3, 0.4) is 0 Å². The molecule has 0 saturated heterocycles. The first-order valence-corrected chi connectivity index (χ1v) is 4.48. The van der Waals surface area contributed by atoms with Gasteiger partial charge in [0.15, 0.2) is 6.61 Å². The molecule has 0 radical (unpaired) electrons. The van der Waals surface area contributed by atoms with Crippen molar-refractivity contribution in [1.82, 2.24) is 0 Å². The SMILES string of the molecule is O=CC=Cc1ccc2c(c1)NC(=O)CO2. The Balaban J connectivity index is 2.32. The third-order valence-corrected chi connectivity index (χ3v) is 2.00. The second-order valence-electron chi connectivity index (χ2n) is 3.09. The third kappa shape index (κ3) is 2.04. The fraction of sp³-hybridized carbons (Fsp3) is 0.0909. The average Bonchev–Trinajstić information content (AvgIpc) is 2.25. The van der Waals surface area contributed by atoms with Crippen molar-refractivity contribution in [1.29, 1.82) is 0 Å². The van der Waals surface area contributed by atoms with Gasteiger partial charge in [-0.15, -0.1) is 0 Å². The van der Waals surface area contributed by atoms with Crippen LogP contribution in [0, 0.1) is 0 Å². The lowest BCUT2D eigenvalue weighted by atomic mass is 10.1. The molecule has 0 unspecified atom stereocenters. The summed E-state index contributed by atoms with van der Waals surface area (Å²) >= 11 is 0. The van der Waals surface area contributed by atoms with Gasteiger partial charge in [0.2, 0.25) is 0 Å². The molecule has 1 aromatic carbocycles. The van der Waals surface area contributed by atoms with Gasteiger partial charge >= 0.3 is 0 Å². The monoisotopic (exact) mass is 203 g/mol. The first-order valence-electron chi connectivity index (χ1n) is 4.48. The maximum atomic E-state index is 11.0. The highest BCUT2D eigenvalue weighted by molar-refractivity contribution is 5.95. The highest BCUT2D eigenvalue weighted by atomic mass is 16.5. The summed E-state index contributed by atoms with van der Waals surface area (Å²) in [4.78, 5) is 21.2. The molecular weight excluding hydrogens is 194 g/mol. The van der Waals surface area contributed by atoms with Crippen LogP contribution >= 0.6 is 0 Å². The summed E-state index contributed by atoms with van der Waals surface area (Å²) in [5, 5.41) is 2.69. The van der Waals surface area contributed by atoms with Crippen LogP contribution in [0.4, 0.5) is 5.69 Å². The van der Waals surface area contributed by atoms with Crippen LogP contribution in [0.5, 0.6) is 5.75 Å². The van der Waals surface area contributed by atoms with Crippen LogP contribution in [0.1, 0.15) is 5.56 Å². The number of hydrogen-bond donors (Lipinski definition) is 1. The standard InChI is InChI=1S/C11H9NO3/c13-5-1-2-8-3-4-10-9(6-8)12-11(14)7-15-10/h1-6H,7H2,(H,12,14). The van der Waals surface area contributed by atoms with Gasteiger partial charge in [-0.25, -0.2) is 0 Å². The lowest BCUT2D eigenvalue weighted by Gasteiger charge is -2.17. The molecule has 1 N–H and O–H groups in total. The summed E-state index contributed by atoms with van der Waals surface area (Å²) in [5.41, 5.74) is 1.48. The Bertz CT molecular complexity index is 437. The van der Waals surface area contributed by atoms with Gasteiger partial charge in [-0.05, 0) is 23.8 Å². The molecule has 1 aliphatic heterocycles. The van der Waals surface area contributed by atoms with Crippen molar-refractivity contribution in [2.45, 2.75) is 0 Å². The van der Waals surface area contributed by atoms with E-state index in [9.17, 15) is 9.59 Å². The summed E-state index contributed by atoms with van der Waals surface area (Å²) in [6.07, 6.45) is 3.76. The van der Waals surface area contributed by atoms with Crippen LogP contribution in [0.15, 0.2) is 24.3 Å². The zero-order valence-corrected chi connectivity index (χ0v) is 7.90. The van der Waals surface area contributed by atoms with Crippen molar-refractivity contribution in [3.8, 4) is 5.75 Å². The quantitative estimate of drug-likeness (QED) is 0.581. The number of amides is 1. The van der Waals surface area contributed by atoms with E-state index in [0.717, 1.165) is 5.56 Å². The highest BCUT2D eigenvalue weighted by Crippen LogP contribution is 2.28. The van der Waals surface area contributed by atoms with Gasteiger partial charge in [0.1, 0.15) is 12.0 Å². The van der Waals surface area contributed by atoms with Crippen molar-refractivity contribution in [2.24, 2.45) is 0 Å². The minimum absolute atomic E-state index is 0.0521. The molecule has 1 aliphatic rings. The number of ether oxygens (including phenoxy) is 1. The van der Waals surface area contributed by atoms with E-state index in [1.807, 2.05) is 6.07 Å². The summed E-state index contributed by atoms with van der Waals surface area (Å²) < 4.78 is 5.19. The summed E-state index contributed by atoms with van der Waals surface area (Å²) in [6, 6.07) is 5.34. The summed E-state index contributed by atoms with van der Waals surface area (Å²) in [6.45, 7) is 0.0521. The fourth-order valence-corrected chi connectivity index (χ4v) is 1.35. The van der Waals surface area contributed by atoms with E-state index in [2.05, 4.69) is 5.32 Å². The van der Waals surface area contributed by atoms with E-state index >= 15 is 0 Å². The van der Waals surface area contributed by atoms with Crippen LogP contribution < -0.4 is 10.1 Å². The van der Waals surface area contributed by atoms with Crippen LogP contribution in [0.25, 0.3) is 6.08 Å². The van der Waals surface area contributed by atoms with E-state index in [1.165, 1.54) is 6.08 Å². The second kappa shape index (κ2) is 3.96. The van der Waals surface area contributed by atoms with Gasteiger partial charge < -0.3 is 10.1 Å². The Morgan fingerprint density at radius 2 is 2.27 bits per heavy atom. The number of rotatable bonds is 2. The summed E-state index contributed by atoms with van der Waals surface area (Å²) in [7, 11) is 0. The number of nitrogens with one attached hydrogen (secondary N) is 1. The minimum atomic E-state index is -0.168. The molecule has 0 atom stereocenters. The molecule has 0 aromatic heterocycles. The topological polar surface area (TPSA) is 55.4 Å². The maximum Gasteiger partial charge on any atom is 0.262 e. The lowest BCUT2D eigenvalue weighted by Crippen LogP contribution is -2.25. The largest absolute Gasteiger partial charge is 0.482 e. The molecule has 0 bridgehead atoms. The number of carbonyl (C=O) groups is 2. The summed E-state index contributed by atoms with van der Waals surface area (Å²) in [5.74, 6) is 0.483. The number of hydrogen-bond acceptors (Lipinski definition) is 3. The molecule has 0 spiro atoms. The number of aldehydes is 1. The number of fused-ring (bicyclic) bond motifs is 1. The Hall–Kier alpha value is -2.10. The van der Waals surface area contributed by atoms with Gasteiger partial charge in [-0.2, -0.15) is 0 Å². The lowest BCUT2D eigenvalue weighted by molar-refractivity contribution is -0.118. The third-order valence-electron chi connectivity index (χ3n) is 2.00. The van der Waals surface area contributed by atoms with E-state index in [0.29, 0.717) is 17.7 Å². The maximum absolute atomic E-state index is 11.0. The Morgan fingerprint density at radius 3 is 3.07 bits per heavy atom. The average molecular weight is 203 g/mol. The normalized spacial score (nSPS) is 14.3. The zero-order valence-electron chi connectivity index (χ0n) is 7.90. The molecule has 0 fully saturated rings. The molecule has 4 heteroatoms. The molecule has 76 valence electrons.